The lowest BCUT2D eigenvalue weighted by Gasteiger charge is -2.03. The van der Waals surface area contributed by atoms with Gasteiger partial charge in [0.25, 0.3) is 0 Å². The van der Waals surface area contributed by atoms with Gasteiger partial charge in [-0.1, -0.05) is 13.3 Å². The van der Waals surface area contributed by atoms with Gasteiger partial charge in [0.15, 0.2) is 0 Å². The van der Waals surface area contributed by atoms with E-state index in [1.165, 1.54) is 0 Å². The summed E-state index contributed by atoms with van der Waals surface area (Å²) in [5.74, 6) is 0. The van der Waals surface area contributed by atoms with Crippen molar-refractivity contribution in [1.82, 2.24) is 0 Å². The molecule has 0 aliphatic carbocycles. The van der Waals surface area contributed by atoms with Gasteiger partial charge in [-0.3, -0.25) is 0 Å². The fourth-order valence-corrected chi connectivity index (χ4v) is 0.933. The van der Waals surface area contributed by atoms with Crippen LogP contribution in [-0.4, -0.2) is 6.61 Å². The summed E-state index contributed by atoms with van der Waals surface area (Å²) >= 11 is 9.23. The van der Waals surface area contributed by atoms with Gasteiger partial charge in [-0.25, -0.2) is 30.7 Å². The molecule has 0 aromatic heterocycles. The summed E-state index contributed by atoms with van der Waals surface area (Å²) in [6.45, 7) is 2.83. The second-order valence-corrected chi connectivity index (χ2v) is 4.47. The molecule has 0 fully saturated rings. The average Bonchev–Trinajstić information content (AvgIpc) is 1.66. The third-order valence-electron chi connectivity index (χ3n) is 0.677. The molecule has 0 aliphatic heterocycles. The minimum atomic E-state index is -0.650. The first-order chi connectivity index (χ1) is 3.77. The van der Waals surface area contributed by atoms with E-state index in [1.807, 2.05) is 0 Å². The lowest BCUT2D eigenvalue weighted by atomic mass is 10.4. The summed E-state index contributed by atoms with van der Waals surface area (Å²) in [4.78, 5) is 0. The summed E-state index contributed by atoms with van der Waals surface area (Å²) in [5.41, 5.74) is 0. The summed E-state index contributed by atoms with van der Waals surface area (Å²) in [6, 6.07) is 0. The summed E-state index contributed by atoms with van der Waals surface area (Å²) < 4.78 is 4.94. The van der Waals surface area contributed by atoms with Gasteiger partial charge < -0.3 is 4.18 Å². The Morgan fingerprint density at radius 3 is 2.50 bits per heavy atom. The van der Waals surface area contributed by atoms with E-state index in [2.05, 4.69) is 29.3 Å². The molecule has 0 aromatic carbocycles. The van der Waals surface area contributed by atoms with Gasteiger partial charge in [-0.05, 0) is 6.42 Å². The van der Waals surface area contributed by atoms with Crippen molar-refractivity contribution in [2.75, 3.05) is 6.61 Å². The molecule has 0 atom stereocenters. The van der Waals surface area contributed by atoms with Crippen LogP contribution in [-0.2, 0) is 34.9 Å². The predicted molar refractivity (Wildman–Crippen MR) is 43.0 cm³/mol. The Kier molecular flexibility index (Phi) is 6.43. The van der Waals surface area contributed by atoms with E-state index in [1.54, 1.807) is 0 Å². The minimum absolute atomic E-state index is 0.650. The Morgan fingerprint density at radius 2 is 2.12 bits per heavy atom. The van der Waals surface area contributed by atoms with Crippen LogP contribution in [0.5, 0.6) is 0 Å². The van der Waals surface area contributed by atoms with E-state index < -0.39 is 8.29 Å². The number of rotatable bonds is 4. The second kappa shape index (κ2) is 5.88. The van der Waals surface area contributed by atoms with Crippen LogP contribution in [0.25, 0.3) is 0 Å². The van der Waals surface area contributed by atoms with Crippen LogP contribution in [0.2, 0.25) is 0 Å². The van der Waals surface area contributed by atoms with Crippen molar-refractivity contribution in [3.63, 3.8) is 0 Å². The maximum absolute atomic E-state index is 4.94. The number of hydrogen-bond donors (Lipinski definition) is 0. The predicted octanol–water partition coefficient (Wildman–Crippen LogP) is 1.26. The first kappa shape index (κ1) is 8.75. The smallest absolute Gasteiger partial charge is 0.0233 e. The van der Waals surface area contributed by atoms with Crippen molar-refractivity contribution in [1.29, 1.82) is 0 Å². The zero-order valence-corrected chi connectivity index (χ0v) is 7.20. The van der Waals surface area contributed by atoms with Gasteiger partial charge in [-0.15, -0.1) is 0 Å². The molecule has 0 spiro atoms. The highest BCUT2D eigenvalue weighted by molar-refractivity contribution is 8.44. The maximum atomic E-state index is 4.94. The molecular formula is C4H9OS3-. The van der Waals surface area contributed by atoms with E-state index in [0.717, 1.165) is 19.4 Å². The quantitative estimate of drug-likeness (QED) is 0.463. The molecule has 0 N–H and O–H groups in total. The lowest BCUT2D eigenvalue weighted by Crippen LogP contribution is -1.88. The van der Waals surface area contributed by atoms with Crippen LogP contribution in [0.3, 0.4) is 0 Å². The monoisotopic (exact) mass is 169 g/mol. The van der Waals surface area contributed by atoms with Crippen LogP contribution in [0.15, 0.2) is 0 Å². The maximum Gasteiger partial charge on any atom is 0.0233 e. The van der Waals surface area contributed by atoms with E-state index in [4.69, 9.17) is 4.18 Å². The topological polar surface area (TPSA) is 9.23 Å². The van der Waals surface area contributed by atoms with E-state index in [0.29, 0.717) is 0 Å². The van der Waals surface area contributed by atoms with Crippen LogP contribution in [0.4, 0.5) is 0 Å². The second-order valence-electron chi connectivity index (χ2n) is 1.38. The van der Waals surface area contributed by atoms with E-state index >= 15 is 0 Å². The minimum Gasteiger partial charge on any atom is -0.467 e. The third-order valence-corrected chi connectivity index (χ3v) is 1.61. The highest BCUT2D eigenvalue weighted by atomic mass is 33.1. The zero-order chi connectivity index (χ0) is 6.41. The largest absolute Gasteiger partial charge is 0.467 e. The Balaban J connectivity index is 2.94. The molecule has 0 radical (unpaired) electrons. The molecule has 4 heteroatoms. The van der Waals surface area contributed by atoms with Crippen LogP contribution < -0.4 is 0 Å². The molecule has 1 nitrogen and oxygen atoms in total. The van der Waals surface area contributed by atoms with Crippen molar-refractivity contribution in [3.05, 3.63) is 0 Å². The van der Waals surface area contributed by atoms with Crippen molar-refractivity contribution in [3.8, 4) is 0 Å². The standard InChI is InChI=1S/C4H9OS3/c1-2-3-4-5-8(6)7/h2-4H2,1H3/q-1. The van der Waals surface area contributed by atoms with Crippen LogP contribution in [0, 0.1) is 0 Å². The summed E-state index contributed by atoms with van der Waals surface area (Å²) in [7, 11) is -0.650. The Labute approximate surface area is 61.5 Å². The molecule has 0 aromatic rings. The first-order valence-electron chi connectivity index (χ1n) is 2.50. The highest BCUT2D eigenvalue weighted by Gasteiger charge is 1.74. The normalized spacial score (nSPS) is 10.2. The third kappa shape index (κ3) is 6.75. The molecule has 0 aliphatic rings. The van der Waals surface area contributed by atoms with E-state index in [-0.39, 0.29) is 0 Å². The van der Waals surface area contributed by atoms with Gasteiger partial charge in [-0.2, -0.15) is 0 Å². The Hall–Kier alpha value is 0.750. The Morgan fingerprint density at radius 1 is 1.50 bits per heavy atom. The number of hydrogen-bond acceptors (Lipinski definition) is 4. The fourth-order valence-electron chi connectivity index (χ4n) is 0.271. The van der Waals surface area contributed by atoms with Crippen molar-refractivity contribution in [2.24, 2.45) is 0 Å². The summed E-state index contributed by atoms with van der Waals surface area (Å²) in [6.07, 6.45) is 2.21. The van der Waals surface area contributed by atoms with Gasteiger partial charge in [0.2, 0.25) is 0 Å². The molecule has 0 saturated carbocycles. The SMILES string of the molecule is CCCCO[S-](=S)=S. The zero-order valence-electron chi connectivity index (χ0n) is 4.75. The van der Waals surface area contributed by atoms with Crippen molar-refractivity contribution >= 4 is 30.7 Å². The molecule has 8 heavy (non-hydrogen) atoms. The van der Waals surface area contributed by atoms with Crippen LogP contribution >= 0.6 is 0 Å². The van der Waals surface area contributed by atoms with Crippen molar-refractivity contribution < 1.29 is 4.18 Å². The first-order valence-corrected chi connectivity index (χ1v) is 5.50. The molecule has 0 heterocycles. The molecular weight excluding hydrogens is 160 g/mol. The van der Waals surface area contributed by atoms with E-state index in [9.17, 15) is 0 Å². The van der Waals surface area contributed by atoms with Crippen molar-refractivity contribution in [2.45, 2.75) is 19.8 Å². The molecule has 0 rings (SSSR count). The summed E-state index contributed by atoms with van der Waals surface area (Å²) in [5, 5.41) is 0. The fraction of sp³-hybridized carbons (Fsp3) is 1.00. The molecule has 0 amide bonds. The molecule has 0 unspecified atom stereocenters. The van der Waals surface area contributed by atoms with Gasteiger partial charge in [0, 0.05) is 6.61 Å². The molecule has 0 saturated heterocycles. The highest BCUT2D eigenvalue weighted by Crippen LogP contribution is 1.86. The van der Waals surface area contributed by atoms with Crippen LogP contribution in [0.1, 0.15) is 19.8 Å². The Bertz CT molecular complexity index is 99.9. The molecule has 0 bridgehead atoms. The molecule has 50 valence electrons. The average molecular weight is 169 g/mol. The number of unbranched alkanes of at least 4 members (excludes halogenated alkanes) is 1. The van der Waals surface area contributed by atoms with Gasteiger partial charge >= 0.3 is 0 Å². The van der Waals surface area contributed by atoms with Gasteiger partial charge in [0.1, 0.15) is 0 Å². The van der Waals surface area contributed by atoms with Gasteiger partial charge in [0.05, 0.1) is 0 Å². The lowest BCUT2D eigenvalue weighted by molar-refractivity contribution is 0.365.